The third-order valence-corrected chi connectivity index (χ3v) is 5.04. The van der Waals surface area contributed by atoms with Crippen molar-refractivity contribution in [3.05, 3.63) is 29.3 Å². The fraction of sp³-hybridized carbons (Fsp3) is 0.556. The number of nitrogens with one attached hydrogen (secondary N) is 2. The maximum atomic E-state index is 13.3. The number of nitrogens with zero attached hydrogens (tertiary/aromatic N) is 1. The number of amides is 2. The van der Waals surface area contributed by atoms with Crippen LogP contribution in [0.15, 0.2) is 18.2 Å². The first-order chi connectivity index (χ1) is 12.3. The molecule has 0 bridgehead atoms. The highest BCUT2D eigenvalue weighted by molar-refractivity contribution is 5.99. The number of piperidine rings is 1. The van der Waals surface area contributed by atoms with Crippen molar-refractivity contribution in [3.63, 3.8) is 0 Å². The predicted octanol–water partition coefficient (Wildman–Crippen LogP) is 2.98. The van der Waals surface area contributed by atoms with Gasteiger partial charge in [-0.05, 0) is 43.5 Å². The van der Waals surface area contributed by atoms with Crippen molar-refractivity contribution >= 4 is 29.9 Å². The average Bonchev–Trinajstić information content (AvgIpc) is 3.02. The van der Waals surface area contributed by atoms with Gasteiger partial charge in [0, 0.05) is 36.8 Å². The number of carbonyl (C=O) groups is 2. The van der Waals surface area contributed by atoms with Crippen molar-refractivity contribution in [2.45, 2.75) is 38.4 Å². The van der Waals surface area contributed by atoms with Gasteiger partial charge in [0.25, 0.3) is 5.91 Å². The highest BCUT2D eigenvalue weighted by Crippen LogP contribution is 2.34. The van der Waals surface area contributed by atoms with Gasteiger partial charge in [-0.1, -0.05) is 6.92 Å². The molecule has 0 radical (unpaired) electrons. The Morgan fingerprint density at radius 1 is 1.30 bits per heavy atom. The van der Waals surface area contributed by atoms with Gasteiger partial charge in [-0.25, -0.2) is 0 Å². The number of halogens is 4. The van der Waals surface area contributed by atoms with Crippen LogP contribution < -0.4 is 15.5 Å². The number of anilines is 1. The summed E-state index contributed by atoms with van der Waals surface area (Å²) in [6.45, 7) is 3.82. The lowest BCUT2D eigenvalue weighted by molar-refractivity contribution is -0.137. The Morgan fingerprint density at radius 2 is 2.04 bits per heavy atom. The molecule has 150 valence electrons. The number of hydrogen-bond acceptors (Lipinski definition) is 3. The summed E-state index contributed by atoms with van der Waals surface area (Å²) < 4.78 is 39.8. The van der Waals surface area contributed by atoms with Crippen LogP contribution in [-0.4, -0.2) is 37.5 Å². The fourth-order valence-electron chi connectivity index (χ4n) is 3.42. The topological polar surface area (TPSA) is 61.4 Å². The van der Waals surface area contributed by atoms with E-state index in [1.165, 1.54) is 11.0 Å². The first kappa shape index (κ1) is 21.5. The van der Waals surface area contributed by atoms with Crippen molar-refractivity contribution < 1.29 is 22.8 Å². The molecule has 0 saturated carbocycles. The van der Waals surface area contributed by atoms with Gasteiger partial charge in [0.05, 0.1) is 5.56 Å². The summed E-state index contributed by atoms with van der Waals surface area (Å²) in [5, 5.41) is 5.99. The van der Waals surface area contributed by atoms with Crippen LogP contribution in [0.25, 0.3) is 0 Å². The Hall–Kier alpha value is -1.80. The van der Waals surface area contributed by atoms with Crippen molar-refractivity contribution in [2.75, 3.05) is 24.5 Å². The normalized spacial score (nSPS) is 23.1. The third-order valence-electron chi connectivity index (χ3n) is 5.04. The van der Waals surface area contributed by atoms with Crippen molar-refractivity contribution in [2.24, 2.45) is 5.92 Å². The van der Waals surface area contributed by atoms with Crippen LogP contribution in [0, 0.1) is 5.92 Å². The lowest BCUT2D eigenvalue weighted by atomic mass is 9.94. The van der Waals surface area contributed by atoms with Crippen LogP contribution in [-0.2, 0) is 11.0 Å². The molecule has 2 amide bonds. The van der Waals surface area contributed by atoms with Gasteiger partial charge in [0.2, 0.25) is 5.91 Å². The third kappa shape index (κ3) is 4.93. The van der Waals surface area contributed by atoms with Crippen molar-refractivity contribution in [3.8, 4) is 0 Å². The second kappa shape index (κ2) is 8.48. The van der Waals surface area contributed by atoms with Crippen LogP contribution in [0.2, 0.25) is 0 Å². The smallest absolute Gasteiger partial charge is 0.348 e. The summed E-state index contributed by atoms with van der Waals surface area (Å²) in [6, 6.07) is 3.02. The van der Waals surface area contributed by atoms with E-state index in [2.05, 4.69) is 10.6 Å². The average molecular weight is 406 g/mol. The first-order valence-corrected chi connectivity index (χ1v) is 8.80. The summed E-state index contributed by atoms with van der Waals surface area (Å²) in [6.07, 6.45) is -2.79. The quantitative estimate of drug-likeness (QED) is 0.812. The molecular formula is C18H23ClF3N3O2. The van der Waals surface area contributed by atoms with E-state index < -0.39 is 17.6 Å². The SMILES string of the molecule is CC1CCNCC1NC(=O)c1cc(N2CCCC2=O)cc(C(F)(F)F)c1.Cl. The van der Waals surface area contributed by atoms with Gasteiger partial charge in [0.15, 0.2) is 0 Å². The van der Waals surface area contributed by atoms with Crippen molar-refractivity contribution in [1.82, 2.24) is 10.6 Å². The highest BCUT2D eigenvalue weighted by Gasteiger charge is 2.34. The summed E-state index contributed by atoms with van der Waals surface area (Å²) in [4.78, 5) is 25.8. The molecule has 2 aliphatic heterocycles. The lowest BCUT2D eigenvalue weighted by Crippen LogP contribution is -2.50. The molecule has 1 aromatic rings. The fourth-order valence-corrected chi connectivity index (χ4v) is 3.42. The minimum Gasteiger partial charge on any atom is -0.348 e. The largest absolute Gasteiger partial charge is 0.416 e. The van der Waals surface area contributed by atoms with Crippen LogP contribution in [0.5, 0.6) is 0 Å². The second-order valence-electron chi connectivity index (χ2n) is 6.97. The molecular weight excluding hydrogens is 383 g/mol. The van der Waals surface area contributed by atoms with Crippen LogP contribution in [0.3, 0.4) is 0 Å². The Balaban J connectivity index is 0.00000261. The molecule has 2 aliphatic rings. The zero-order valence-electron chi connectivity index (χ0n) is 14.9. The lowest BCUT2D eigenvalue weighted by Gasteiger charge is -2.30. The zero-order valence-corrected chi connectivity index (χ0v) is 15.8. The van der Waals surface area contributed by atoms with Gasteiger partial charge in [0.1, 0.15) is 0 Å². The Labute approximate surface area is 162 Å². The molecule has 2 atom stereocenters. The van der Waals surface area contributed by atoms with Crippen LogP contribution >= 0.6 is 12.4 Å². The van der Waals surface area contributed by atoms with E-state index in [9.17, 15) is 22.8 Å². The number of carbonyl (C=O) groups excluding carboxylic acids is 2. The predicted molar refractivity (Wildman–Crippen MR) is 98.2 cm³/mol. The van der Waals surface area contributed by atoms with E-state index in [4.69, 9.17) is 0 Å². The second-order valence-corrected chi connectivity index (χ2v) is 6.97. The summed E-state index contributed by atoms with van der Waals surface area (Å²) in [5.74, 6) is -0.532. The summed E-state index contributed by atoms with van der Waals surface area (Å²) >= 11 is 0. The molecule has 0 aromatic heterocycles. The molecule has 2 N–H and O–H groups in total. The zero-order chi connectivity index (χ0) is 18.9. The maximum absolute atomic E-state index is 13.3. The van der Waals surface area contributed by atoms with Gasteiger partial charge < -0.3 is 15.5 Å². The monoisotopic (exact) mass is 405 g/mol. The van der Waals surface area contributed by atoms with Gasteiger partial charge >= 0.3 is 6.18 Å². The van der Waals surface area contributed by atoms with E-state index >= 15 is 0 Å². The van der Waals surface area contributed by atoms with E-state index in [1.54, 1.807) is 0 Å². The minimum absolute atomic E-state index is 0. The Morgan fingerprint density at radius 3 is 2.63 bits per heavy atom. The highest BCUT2D eigenvalue weighted by atomic mass is 35.5. The van der Waals surface area contributed by atoms with Gasteiger partial charge in [-0.15, -0.1) is 12.4 Å². The van der Waals surface area contributed by atoms with E-state index in [0.717, 1.165) is 25.1 Å². The number of alkyl halides is 3. The summed E-state index contributed by atoms with van der Waals surface area (Å²) in [7, 11) is 0. The van der Waals surface area contributed by atoms with Crippen LogP contribution in [0.1, 0.15) is 42.1 Å². The number of hydrogen-bond donors (Lipinski definition) is 2. The van der Waals surface area contributed by atoms with Gasteiger partial charge in [-0.3, -0.25) is 9.59 Å². The maximum Gasteiger partial charge on any atom is 0.416 e. The molecule has 1 aromatic carbocycles. The Kier molecular flexibility index (Phi) is 6.75. The number of benzene rings is 1. The first-order valence-electron chi connectivity index (χ1n) is 8.80. The summed E-state index contributed by atoms with van der Waals surface area (Å²) in [5.41, 5.74) is -0.871. The van der Waals surface area contributed by atoms with Gasteiger partial charge in [-0.2, -0.15) is 13.2 Å². The molecule has 27 heavy (non-hydrogen) atoms. The standard InChI is InChI=1S/C18H22F3N3O2.ClH/c1-11-4-5-22-10-15(11)23-17(26)12-7-13(18(19,20)21)9-14(8-12)24-6-2-3-16(24)25;/h7-9,11,15,22H,2-6,10H2,1H3,(H,23,26);1H. The molecule has 9 heteroatoms. The molecule has 2 heterocycles. The number of rotatable bonds is 3. The van der Waals surface area contributed by atoms with E-state index in [1.807, 2.05) is 6.92 Å². The van der Waals surface area contributed by atoms with Crippen LogP contribution in [0.4, 0.5) is 18.9 Å². The van der Waals surface area contributed by atoms with Crippen molar-refractivity contribution in [1.29, 1.82) is 0 Å². The molecule has 2 fully saturated rings. The molecule has 2 unspecified atom stereocenters. The molecule has 0 spiro atoms. The minimum atomic E-state index is -4.59. The van der Waals surface area contributed by atoms with E-state index in [-0.39, 0.29) is 41.5 Å². The molecule has 0 aliphatic carbocycles. The molecule has 2 saturated heterocycles. The molecule has 5 nitrogen and oxygen atoms in total. The Bertz CT molecular complexity index is 712. The van der Waals surface area contributed by atoms with E-state index in [0.29, 0.717) is 25.9 Å². The molecule has 3 rings (SSSR count).